The molecule has 0 aromatic heterocycles. The summed E-state index contributed by atoms with van der Waals surface area (Å²) in [5, 5.41) is 0. The zero-order valence-corrected chi connectivity index (χ0v) is 20.7. The van der Waals surface area contributed by atoms with Crippen molar-refractivity contribution >= 4 is 18.4 Å². The van der Waals surface area contributed by atoms with E-state index in [1.54, 1.807) is 13.3 Å². The Morgan fingerprint density at radius 1 is 0.760 bits per heavy atom. The molecule has 1 aliphatic rings. The van der Waals surface area contributed by atoms with Crippen molar-refractivity contribution in [2.75, 3.05) is 39.8 Å². The molecule has 0 unspecified atom stereocenters. The van der Waals surface area contributed by atoms with Gasteiger partial charge in [0.1, 0.15) is 0 Å². The van der Waals surface area contributed by atoms with Gasteiger partial charge in [-0.1, -0.05) is 0 Å². The molecule has 0 radical (unpaired) electrons. The van der Waals surface area contributed by atoms with Gasteiger partial charge in [-0.2, -0.15) is 0 Å². The second kappa shape index (κ2) is 14.5. The minimum absolute atomic E-state index is 1.25. The van der Waals surface area contributed by atoms with E-state index in [1.165, 1.54) is 84.1 Å². The van der Waals surface area contributed by atoms with Gasteiger partial charge in [0.05, 0.1) is 0 Å². The quantitative estimate of drug-likeness (QED) is 0.235. The van der Waals surface area contributed by atoms with Crippen LogP contribution in [0, 0.1) is 0 Å². The predicted molar refractivity (Wildman–Crippen MR) is 117 cm³/mol. The second-order valence-electron chi connectivity index (χ2n) is 8.36. The molecular weight excluding hydrogens is 411 g/mol. The van der Waals surface area contributed by atoms with E-state index in [0.29, 0.717) is 0 Å². The number of hydrogen-bond acceptors (Lipinski definition) is 2. The van der Waals surface area contributed by atoms with E-state index in [9.17, 15) is 0 Å². The normalized spacial score (nSPS) is 17.6. The molecule has 1 saturated heterocycles. The summed E-state index contributed by atoms with van der Waals surface area (Å²) in [6.07, 6.45) is 13.9. The van der Waals surface area contributed by atoms with Gasteiger partial charge in [0.15, 0.2) is 0 Å². The number of nitrogens with zero attached hydrogens (tertiary/aromatic N) is 2. The maximum absolute atomic E-state index is 2.86. The summed E-state index contributed by atoms with van der Waals surface area (Å²) in [6, 6.07) is 0. The number of rotatable bonds is 14. The molecule has 1 fully saturated rings. The topological polar surface area (TPSA) is 6.48 Å². The van der Waals surface area contributed by atoms with Gasteiger partial charge in [-0.05, 0) is 0 Å². The molecule has 0 amide bonds. The zero-order valence-electron chi connectivity index (χ0n) is 17.9. The Morgan fingerprint density at radius 2 is 1.28 bits per heavy atom. The zero-order chi connectivity index (χ0) is 18.4. The third-order valence-corrected chi connectivity index (χ3v) is 20.2. The van der Waals surface area contributed by atoms with Crippen LogP contribution in [0.3, 0.4) is 0 Å². The second-order valence-corrected chi connectivity index (χ2v) is 21.4. The van der Waals surface area contributed by atoms with Crippen molar-refractivity contribution in [3.05, 3.63) is 10.2 Å². The molecule has 1 rings (SSSR count). The van der Waals surface area contributed by atoms with Crippen LogP contribution in [0.5, 0.6) is 0 Å². The van der Waals surface area contributed by atoms with Crippen molar-refractivity contribution in [2.24, 2.45) is 0 Å². The molecule has 0 N–H and O–H groups in total. The van der Waals surface area contributed by atoms with Crippen LogP contribution < -0.4 is 0 Å². The van der Waals surface area contributed by atoms with Crippen LogP contribution in [0.4, 0.5) is 0 Å². The van der Waals surface area contributed by atoms with Crippen LogP contribution in [0.1, 0.15) is 72.1 Å². The molecule has 25 heavy (non-hydrogen) atoms. The van der Waals surface area contributed by atoms with Crippen molar-refractivity contribution in [1.29, 1.82) is 0 Å². The van der Waals surface area contributed by atoms with Crippen LogP contribution in [0.25, 0.3) is 0 Å². The molecule has 0 aromatic rings. The molecule has 1 heterocycles. The molecule has 0 aromatic carbocycles. The van der Waals surface area contributed by atoms with Crippen LogP contribution in [-0.4, -0.2) is 67.9 Å². The van der Waals surface area contributed by atoms with Gasteiger partial charge in [-0.3, -0.25) is 0 Å². The summed E-state index contributed by atoms with van der Waals surface area (Å²) in [4.78, 5) is 5.12. The summed E-state index contributed by atoms with van der Waals surface area (Å²) in [5.41, 5.74) is 0. The Morgan fingerprint density at radius 3 is 1.76 bits per heavy atom. The molecule has 148 valence electrons. The molecule has 0 aliphatic carbocycles. The van der Waals surface area contributed by atoms with Gasteiger partial charge in [0.2, 0.25) is 0 Å². The molecule has 3 heteroatoms. The predicted octanol–water partition coefficient (Wildman–Crippen LogP) is 5.96. The van der Waals surface area contributed by atoms with E-state index in [1.807, 2.05) is 0 Å². The summed E-state index contributed by atoms with van der Waals surface area (Å²) < 4.78 is 7.69. The first kappa shape index (κ1) is 23.5. The van der Waals surface area contributed by atoms with E-state index in [-0.39, 0.29) is 0 Å². The molecule has 0 saturated carbocycles. The van der Waals surface area contributed by atoms with Gasteiger partial charge in [0.25, 0.3) is 0 Å². The molecular formula is C22H46N2Sn. The van der Waals surface area contributed by atoms with Gasteiger partial charge in [0, 0.05) is 0 Å². The van der Waals surface area contributed by atoms with Crippen LogP contribution in [0.15, 0.2) is 10.2 Å². The molecule has 0 atom stereocenters. The number of allylic oxidation sites excluding steroid dienone is 1. The monoisotopic (exact) mass is 458 g/mol. The van der Waals surface area contributed by atoms with Crippen LogP contribution >= 0.6 is 0 Å². The van der Waals surface area contributed by atoms with Crippen molar-refractivity contribution in [3.63, 3.8) is 0 Å². The molecule has 0 bridgehead atoms. The van der Waals surface area contributed by atoms with Crippen molar-refractivity contribution in [2.45, 2.75) is 85.4 Å². The van der Waals surface area contributed by atoms with E-state index < -0.39 is 18.4 Å². The molecule has 1 aliphatic heterocycles. The Kier molecular flexibility index (Phi) is 13.6. The van der Waals surface area contributed by atoms with Gasteiger partial charge < -0.3 is 0 Å². The summed E-state index contributed by atoms with van der Waals surface area (Å²) >= 11 is -2.00. The van der Waals surface area contributed by atoms with E-state index in [2.05, 4.69) is 47.8 Å². The van der Waals surface area contributed by atoms with Crippen molar-refractivity contribution in [3.8, 4) is 0 Å². The van der Waals surface area contributed by atoms with Crippen LogP contribution in [-0.2, 0) is 0 Å². The van der Waals surface area contributed by atoms with Crippen molar-refractivity contribution in [1.82, 2.24) is 9.80 Å². The number of likely N-dealkylation sites (N-methyl/N-ethyl adjacent to an activating group) is 1. The fraction of sp³-hybridized carbons (Fsp3) is 0.909. The number of piperazine rings is 1. The van der Waals surface area contributed by atoms with E-state index in [4.69, 9.17) is 0 Å². The Balaban J connectivity index is 2.45. The summed E-state index contributed by atoms with van der Waals surface area (Å²) in [6.45, 7) is 13.5. The van der Waals surface area contributed by atoms with Crippen LogP contribution in [0.2, 0.25) is 13.3 Å². The Bertz CT molecular complexity index is 313. The average Bonchev–Trinajstić information content (AvgIpc) is 2.63. The third kappa shape index (κ3) is 10.4. The summed E-state index contributed by atoms with van der Waals surface area (Å²) in [7, 11) is 2.25. The molecule has 2 nitrogen and oxygen atoms in total. The first-order valence-corrected chi connectivity index (χ1v) is 18.9. The fourth-order valence-electron chi connectivity index (χ4n) is 4.05. The Hall–Kier alpha value is 0.459. The van der Waals surface area contributed by atoms with E-state index >= 15 is 0 Å². The van der Waals surface area contributed by atoms with Crippen molar-refractivity contribution < 1.29 is 0 Å². The average molecular weight is 457 g/mol. The standard InChI is InChI=1S/C10H19N2.3C4H9.Sn/c1-3-4-5-6-12-9-7-11(2)8-10-12;3*1-3-4-2;/h1,3H,4-10H2,2H3;3*1,3-4H2,2H3;. The van der Waals surface area contributed by atoms with Gasteiger partial charge >= 0.3 is 164 Å². The van der Waals surface area contributed by atoms with Gasteiger partial charge in [-0.25, -0.2) is 0 Å². The van der Waals surface area contributed by atoms with E-state index in [0.717, 1.165) is 0 Å². The first-order chi connectivity index (χ1) is 12.2. The number of hydrogen-bond donors (Lipinski definition) is 0. The minimum atomic E-state index is -2.00. The maximum atomic E-state index is 2.86. The SMILES string of the molecule is CCC[CH2][Sn]([CH]=CCCCN1CCN(C)CC1)([CH2]CCC)[CH2]CCC. The summed E-state index contributed by atoms with van der Waals surface area (Å²) in [5.74, 6) is 0. The third-order valence-electron chi connectivity index (χ3n) is 6.00. The molecule has 0 spiro atoms. The fourth-order valence-corrected chi connectivity index (χ4v) is 18.6. The first-order valence-electron chi connectivity index (χ1n) is 11.2. The van der Waals surface area contributed by atoms with Gasteiger partial charge in [-0.15, -0.1) is 0 Å². The number of unbranched alkanes of at least 4 members (excludes halogenated alkanes) is 4. The Labute approximate surface area is 163 Å².